The summed E-state index contributed by atoms with van der Waals surface area (Å²) in [6, 6.07) is 18.2. The van der Waals surface area contributed by atoms with E-state index in [9.17, 15) is 9.59 Å². The van der Waals surface area contributed by atoms with Crippen molar-refractivity contribution in [1.82, 2.24) is 24.3 Å². The maximum absolute atomic E-state index is 13.2. The van der Waals surface area contributed by atoms with Crippen molar-refractivity contribution in [3.63, 3.8) is 0 Å². The normalized spacial score (nSPS) is 11.3. The van der Waals surface area contributed by atoms with E-state index in [1.807, 2.05) is 48.5 Å². The number of carbonyl (C=O) groups is 1. The molecule has 0 saturated carbocycles. The Bertz CT molecular complexity index is 1470. The third-order valence-electron chi connectivity index (χ3n) is 4.64. The smallest absolute Gasteiger partial charge is 0.267 e. The summed E-state index contributed by atoms with van der Waals surface area (Å²) in [4.78, 5) is 25.6. The van der Waals surface area contributed by atoms with Crippen molar-refractivity contribution in [2.75, 3.05) is 11.1 Å². The van der Waals surface area contributed by atoms with Gasteiger partial charge in [-0.2, -0.15) is 0 Å². The highest BCUT2D eigenvalue weighted by Gasteiger charge is 2.18. The van der Waals surface area contributed by atoms with E-state index in [1.165, 1.54) is 16.3 Å². The van der Waals surface area contributed by atoms with Crippen LogP contribution in [0.25, 0.3) is 22.4 Å². The van der Waals surface area contributed by atoms with Crippen LogP contribution in [-0.2, 0) is 4.79 Å². The lowest BCUT2D eigenvalue weighted by Crippen LogP contribution is -2.21. The van der Waals surface area contributed by atoms with E-state index in [0.29, 0.717) is 39.1 Å². The van der Waals surface area contributed by atoms with Crippen molar-refractivity contribution in [2.24, 2.45) is 0 Å². The predicted octanol–water partition coefficient (Wildman–Crippen LogP) is 3.06. The van der Waals surface area contributed by atoms with E-state index in [1.54, 1.807) is 23.5 Å². The Labute approximate surface area is 179 Å². The maximum atomic E-state index is 13.2. The Morgan fingerprint density at radius 2 is 1.87 bits per heavy atom. The number of anilines is 1. The lowest BCUT2D eigenvalue weighted by atomic mass is 10.2. The third-order valence-corrected chi connectivity index (χ3v) is 5.57. The van der Waals surface area contributed by atoms with Crippen LogP contribution in [0.1, 0.15) is 5.76 Å². The first kappa shape index (κ1) is 19.1. The maximum Gasteiger partial charge on any atom is 0.267 e. The molecule has 0 aliphatic heterocycles. The van der Waals surface area contributed by atoms with Gasteiger partial charge in [0.15, 0.2) is 11.0 Å². The minimum absolute atomic E-state index is 0.0888. The van der Waals surface area contributed by atoms with Crippen LogP contribution in [0.3, 0.4) is 0 Å². The van der Waals surface area contributed by atoms with Gasteiger partial charge in [0, 0.05) is 6.07 Å². The van der Waals surface area contributed by atoms with E-state index in [-0.39, 0.29) is 17.2 Å². The largest absolute Gasteiger partial charge is 0.360 e. The van der Waals surface area contributed by atoms with Crippen LogP contribution in [0.5, 0.6) is 0 Å². The molecule has 10 heteroatoms. The SMILES string of the molecule is Cc1cc(NC(=O)CSc2nnc3n(-c4ccccc4)c(=O)c4ccccc4n23)no1. The van der Waals surface area contributed by atoms with Crippen molar-refractivity contribution in [3.05, 3.63) is 76.8 Å². The molecule has 0 fully saturated rings. The van der Waals surface area contributed by atoms with Crippen LogP contribution >= 0.6 is 11.8 Å². The Kier molecular flexibility index (Phi) is 4.75. The average Bonchev–Trinajstić information content (AvgIpc) is 3.39. The number of aromatic nitrogens is 5. The highest BCUT2D eigenvalue weighted by molar-refractivity contribution is 7.99. The summed E-state index contributed by atoms with van der Waals surface area (Å²) in [7, 11) is 0. The number of nitrogens with one attached hydrogen (secondary N) is 1. The number of aryl methyl sites for hydroxylation is 1. The Morgan fingerprint density at radius 3 is 2.65 bits per heavy atom. The highest BCUT2D eigenvalue weighted by atomic mass is 32.2. The van der Waals surface area contributed by atoms with Crippen LogP contribution in [-0.4, -0.2) is 36.0 Å². The molecule has 1 N–H and O–H groups in total. The summed E-state index contributed by atoms with van der Waals surface area (Å²) in [6.45, 7) is 1.75. The van der Waals surface area contributed by atoms with Gasteiger partial charge < -0.3 is 9.84 Å². The quantitative estimate of drug-likeness (QED) is 0.425. The number of nitrogens with zero attached hydrogens (tertiary/aromatic N) is 5. The molecule has 5 aromatic rings. The van der Waals surface area contributed by atoms with Crippen molar-refractivity contribution < 1.29 is 9.32 Å². The molecule has 0 spiro atoms. The fourth-order valence-electron chi connectivity index (χ4n) is 3.32. The van der Waals surface area contributed by atoms with Crippen molar-refractivity contribution in [2.45, 2.75) is 12.1 Å². The van der Waals surface area contributed by atoms with E-state index in [4.69, 9.17) is 4.52 Å². The van der Waals surface area contributed by atoms with Crippen LogP contribution in [0, 0.1) is 6.92 Å². The monoisotopic (exact) mass is 432 g/mol. The number of hydrogen-bond acceptors (Lipinski definition) is 7. The number of rotatable bonds is 5. The van der Waals surface area contributed by atoms with Crippen LogP contribution in [0.15, 0.2) is 75.1 Å². The van der Waals surface area contributed by atoms with Gasteiger partial charge in [-0.05, 0) is 31.2 Å². The Morgan fingerprint density at radius 1 is 1.10 bits per heavy atom. The number of thioether (sulfide) groups is 1. The molecule has 0 aliphatic carbocycles. The predicted molar refractivity (Wildman–Crippen MR) is 117 cm³/mol. The summed E-state index contributed by atoms with van der Waals surface area (Å²) in [5, 5.41) is 16.0. The zero-order valence-electron chi connectivity index (χ0n) is 16.3. The standard InChI is InChI=1S/C21H16N6O3S/c1-13-11-17(25-30-13)22-18(28)12-31-21-24-23-20-26(14-7-3-2-4-8-14)19(29)15-9-5-6-10-16(15)27(20)21/h2-11H,12H2,1H3,(H,22,25,28). The fourth-order valence-corrected chi connectivity index (χ4v) is 4.06. The lowest BCUT2D eigenvalue weighted by Gasteiger charge is -2.11. The lowest BCUT2D eigenvalue weighted by molar-refractivity contribution is -0.113. The molecule has 3 aromatic heterocycles. The Balaban J connectivity index is 1.56. The highest BCUT2D eigenvalue weighted by Crippen LogP contribution is 2.23. The minimum atomic E-state index is -0.254. The van der Waals surface area contributed by atoms with E-state index in [2.05, 4.69) is 20.7 Å². The minimum Gasteiger partial charge on any atom is -0.360 e. The van der Waals surface area contributed by atoms with Crippen LogP contribution < -0.4 is 10.9 Å². The first-order valence-corrected chi connectivity index (χ1v) is 10.4. The fraction of sp³-hybridized carbons (Fsp3) is 0.0952. The molecule has 31 heavy (non-hydrogen) atoms. The van der Waals surface area contributed by atoms with Gasteiger partial charge in [-0.15, -0.1) is 10.2 Å². The second kappa shape index (κ2) is 7.73. The van der Waals surface area contributed by atoms with E-state index < -0.39 is 0 Å². The molecule has 5 rings (SSSR count). The topological polar surface area (TPSA) is 107 Å². The Hall–Kier alpha value is -3.92. The van der Waals surface area contributed by atoms with E-state index >= 15 is 0 Å². The number of hydrogen-bond donors (Lipinski definition) is 1. The summed E-state index contributed by atoms with van der Waals surface area (Å²) in [5.41, 5.74) is 1.18. The second-order valence-corrected chi connectivity index (χ2v) is 7.71. The molecule has 0 unspecified atom stereocenters. The molecule has 2 aromatic carbocycles. The number of amides is 1. The first-order chi connectivity index (χ1) is 15.1. The number of carbonyl (C=O) groups excluding carboxylic acids is 1. The zero-order valence-corrected chi connectivity index (χ0v) is 17.2. The number of para-hydroxylation sites is 2. The summed E-state index contributed by atoms with van der Waals surface area (Å²) in [5.74, 6) is 1.18. The molecule has 3 heterocycles. The molecule has 0 aliphatic rings. The molecule has 0 radical (unpaired) electrons. The number of fused-ring (bicyclic) bond motifs is 3. The molecular weight excluding hydrogens is 416 g/mol. The molecule has 0 bridgehead atoms. The second-order valence-electron chi connectivity index (χ2n) is 6.77. The molecule has 154 valence electrons. The molecule has 0 saturated heterocycles. The molecule has 0 atom stereocenters. The van der Waals surface area contributed by atoms with Crippen LogP contribution in [0.4, 0.5) is 5.82 Å². The van der Waals surface area contributed by atoms with Crippen LogP contribution in [0.2, 0.25) is 0 Å². The number of benzene rings is 2. The van der Waals surface area contributed by atoms with Crippen molar-refractivity contribution >= 4 is 40.2 Å². The van der Waals surface area contributed by atoms with Gasteiger partial charge in [-0.25, -0.2) is 4.57 Å². The molecule has 1 amide bonds. The molecular formula is C21H16N6O3S. The summed E-state index contributed by atoms with van der Waals surface area (Å²) >= 11 is 1.22. The van der Waals surface area contributed by atoms with Crippen molar-refractivity contribution in [3.8, 4) is 5.69 Å². The summed E-state index contributed by atoms with van der Waals surface area (Å²) < 4.78 is 8.28. The van der Waals surface area contributed by atoms with Gasteiger partial charge in [0.1, 0.15) is 5.76 Å². The zero-order chi connectivity index (χ0) is 21.4. The van der Waals surface area contributed by atoms with Gasteiger partial charge in [0.2, 0.25) is 11.7 Å². The first-order valence-electron chi connectivity index (χ1n) is 9.42. The molecule has 9 nitrogen and oxygen atoms in total. The van der Waals surface area contributed by atoms with Crippen molar-refractivity contribution in [1.29, 1.82) is 0 Å². The van der Waals surface area contributed by atoms with E-state index in [0.717, 1.165) is 0 Å². The van der Waals surface area contributed by atoms with Gasteiger partial charge >= 0.3 is 0 Å². The summed E-state index contributed by atoms with van der Waals surface area (Å²) in [6.07, 6.45) is 0. The van der Waals surface area contributed by atoms with Gasteiger partial charge in [-0.1, -0.05) is 47.3 Å². The third kappa shape index (κ3) is 3.46. The van der Waals surface area contributed by atoms with Gasteiger partial charge in [0.05, 0.1) is 22.3 Å². The van der Waals surface area contributed by atoms with Gasteiger partial charge in [0.25, 0.3) is 5.56 Å². The van der Waals surface area contributed by atoms with Gasteiger partial charge in [-0.3, -0.25) is 14.0 Å². The average molecular weight is 432 g/mol.